The molecule has 2 unspecified atom stereocenters. The number of hydrogen-bond donors (Lipinski definition) is 2. The number of aliphatic carboxylic acids is 1. The van der Waals surface area contributed by atoms with E-state index in [4.69, 9.17) is 5.11 Å². The molecule has 1 aromatic rings. The van der Waals surface area contributed by atoms with Gasteiger partial charge in [0.2, 0.25) is 0 Å². The number of nitrogens with zero attached hydrogens (tertiary/aromatic N) is 1. The Morgan fingerprint density at radius 2 is 2.47 bits per heavy atom. The molecule has 2 rings (SSSR count). The van der Waals surface area contributed by atoms with E-state index < -0.39 is 12.0 Å². The van der Waals surface area contributed by atoms with Crippen LogP contribution in [0, 0.1) is 5.92 Å². The third-order valence-corrected chi connectivity index (χ3v) is 3.29. The summed E-state index contributed by atoms with van der Waals surface area (Å²) in [6.45, 7) is 1.95. The van der Waals surface area contributed by atoms with Gasteiger partial charge in [0.05, 0.1) is 11.2 Å². The van der Waals surface area contributed by atoms with Gasteiger partial charge >= 0.3 is 5.97 Å². The Hall–Kier alpha value is -0.940. The van der Waals surface area contributed by atoms with Crippen LogP contribution in [0.4, 0.5) is 0 Å². The summed E-state index contributed by atoms with van der Waals surface area (Å²) in [7, 11) is 0. The van der Waals surface area contributed by atoms with Crippen LogP contribution in [0.15, 0.2) is 10.9 Å². The minimum absolute atomic E-state index is 0.0120. The first kappa shape index (κ1) is 10.6. The molecule has 82 valence electrons. The summed E-state index contributed by atoms with van der Waals surface area (Å²) in [6.07, 6.45) is 2.04. The van der Waals surface area contributed by atoms with E-state index >= 15 is 0 Å². The van der Waals surface area contributed by atoms with Crippen LogP contribution in [-0.4, -0.2) is 22.1 Å². The minimum Gasteiger partial charge on any atom is -0.480 e. The van der Waals surface area contributed by atoms with E-state index in [0.717, 1.165) is 18.5 Å². The highest BCUT2D eigenvalue weighted by atomic mass is 32.1. The molecule has 0 bridgehead atoms. The van der Waals surface area contributed by atoms with Crippen molar-refractivity contribution in [2.45, 2.75) is 31.8 Å². The fourth-order valence-electron chi connectivity index (χ4n) is 1.63. The van der Waals surface area contributed by atoms with Crippen molar-refractivity contribution in [3.05, 3.63) is 16.6 Å². The first-order chi connectivity index (χ1) is 7.18. The van der Waals surface area contributed by atoms with E-state index in [2.05, 4.69) is 10.3 Å². The number of nitrogens with one attached hydrogen (secondary N) is 1. The zero-order valence-electron chi connectivity index (χ0n) is 8.51. The highest BCUT2D eigenvalue weighted by Crippen LogP contribution is 2.33. The van der Waals surface area contributed by atoms with Crippen molar-refractivity contribution in [3.63, 3.8) is 0 Å². The van der Waals surface area contributed by atoms with Gasteiger partial charge in [-0.2, -0.15) is 0 Å². The van der Waals surface area contributed by atoms with Crippen LogP contribution in [-0.2, 0) is 4.79 Å². The van der Waals surface area contributed by atoms with E-state index in [1.807, 2.05) is 12.3 Å². The average Bonchev–Trinajstić information content (AvgIpc) is 2.87. The maximum atomic E-state index is 11.0. The molecule has 0 aliphatic heterocycles. The molecule has 0 radical (unpaired) electrons. The van der Waals surface area contributed by atoms with Crippen molar-refractivity contribution < 1.29 is 9.90 Å². The molecular weight excluding hydrogens is 212 g/mol. The van der Waals surface area contributed by atoms with Crippen molar-refractivity contribution >= 4 is 17.3 Å². The smallest absolute Gasteiger partial charge is 0.321 e. The van der Waals surface area contributed by atoms with E-state index in [9.17, 15) is 4.79 Å². The fraction of sp³-hybridized carbons (Fsp3) is 0.600. The van der Waals surface area contributed by atoms with Crippen molar-refractivity contribution in [1.82, 2.24) is 10.3 Å². The fourth-order valence-corrected chi connectivity index (χ4v) is 2.28. The number of carboxylic acid groups (broad SMARTS) is 1. The van der Waals surface area contributed by atoms with Crippen LogP contribution in [0.25, 0.3) is 0 Å². The van der Waals surface area contributed by atoms with Gasteiger partial charge in [-0.3, -0.25) is 10.1 Å². The van der Waals surface area contributed by atoms with Gasteiger partial charge in [-0.1, -0.05) is 0 Å². The molecule has 1 saturated carbocycles. The Morgan fingerprint density at radius 1 is 1.73 bits per heavy atom. The maximum absolute atomic E-state index is 11.0. The molecule has 1 heterocycles. The predicted molar refractivity (Wildman–Crippen MR) is 57.8 cm³/mol. The molecule has 0 saturated heterocycles. The number of aromatic nitrogens is 1. The SMILES string of the molecule is CC(NC(C(=O)O)C1CC1)c1cscn1. The second-order valence-electron chi connectivity index (χ2n) is 3.96. The number of rotatable bonds is 5. The highest BCUT2D eigenvalue weighted by molar-refractivity contribution is 7.07. The Balaban J connectivity index is 1.97. The van der Waals surface area contributed by atoms with Crippen molar-refractivity contribution in [3.8, 4) is 0 Å². The van der Waals surface area contributed by atoms with E-state index in [1.165, 1.54) is 11.3 Å². The lowest BCUT2D eigenvalue weighted by Crippen LogP contribution is -2.40. The molecular formula is C10H14N2O2S. The predicted octanol–water partition coefficient (Wildman–Crippen LogP) is 1.66. The molecule has 1 aliphatic carbocycles. The highest BCUT2D eigenvalue weighted by Gasteiger charge is 2.37. The van der Waals surface area contributed by atoms with Crippen LogP contribution < -0.4 is 5.32 Å². The van der Waals surface area contributed by atoms with E-state index in [0.29, 0.717) is 5.92 Å². The van der Waals surface area contributed by atoms with Gasteiger partial charge < -0.3 is 5.11 Å². The molecule has 1 fully saturated rings. The quantitative estimate of drug-likeness (QED) is 0.801. The lowest BCUT2D eigenvalue weighted by molar-refractivity contribution is -0.140. The zero-order chi connectivity index (χ0) is 10.8. The lowest BCUT2D eigenvalue weighted by atomic mass is 10.1. The lowest BCUT2D eigenvalue weighted by Gasteiger charge is -2.18. The van der Waals surface area contributed by atoms with Gasteiger partial charge in [0.25, 0.3) is 0 Å². The van der Waals surface area contributed by atoms with Gasteiger partial charge in [0.1, 0.15) is 6.04 Å². The summed E-state index contributed by atoms with van der Waals surface area (Å²) in [4.78, 5) is 15.2. The summed E-state index contributed by atoms with van der Waals surface area (Å²) in [5, 5.41) is 14.1. The van der Waals surface area contributed by atoms with Crippen molar-refractivity contribution in [2.24, 2.45) is 5.92 Å². The molecule has 0 spiro atoms. The van der Waals surface area contributed by atoms with Crippen LogP contribution in [0.5, 0.6) is 0 Å². The van der Waals surface area contributed by atoms with Crippen LogP contribution in [0.1, 0.15) is 31.5 Å². The topological polar surface area (TPSA) is 62.2 Å². The van der Waals surface area contributed by atoms with Crippen LogP contribution in [0.3, 0.4) is 0 Å². The Kier molecular flexibility index (Phi) is 3.02. The first-order valence-corrected chi connectivity index (χ1v) is 5.99. The van der Waals surface area contributed by atoms with Crippen LogP contribution in [0.2, 0.25) is 0 Å². The zero-order valence-corrected chi connectivity index (χ0v) is 9.33. The third-order valence-electron chi connectivity index (χ3n) is 2.68. The monoisotopic (exact) mass is 226 g/mol. The first-order valence-electron chi connectivity index (χ1n) is 5.05. The maximum Gasteiger partial charge on any atom is 0.321 e. The second kappa shape index (κ2) is 4.28. The van der Waals surface area contributed by atoms with Crippen LogP contribution >= 0.6 is 11.3 Å². The normalized spacial score (nSPS) is 19.8. The molecule has 5 heteroatoms. The van der Waals surface area contributed by atoms with Gasteiger partial charge in [-0.15, -0.1) is 11.3 Å². The largest absolute Gasteiger partial charge is 0.480 e. The molecule has 0 amide bonds. The number of hydrogen-bond acceptors (Lipinski definition) is 4. The van der Waals surface area contributed by atoms with Gasteiger partial charge in [-0.25, -0.2) is 4.98 Å². The standard InChI is InChI=1S/C10H14N2O2S/c1-6(8-4-15-5-11-8)12-9(10(13)14)7-2-3-7/h4-7,9,12H,2-3H2,1H3,(H,13,14). The molecule has 1 aromatic heterocycles. The Bertz CT molecular complexity index is 335. The summed E-state index contributed by atoms with van der Waals surface area (Å²) in [5.74, 6) is -0.442. The number of carbonyl (C=O) groups is 1. The minimum atomic E-state index is -0.750. The summed E-state index contributed by atoms with van der Waals surface area (Å²) < 4.78 is 0. The summed E-state index contributed by atoms with van der Waals surface area (Å²) in [5.41, 5.74) is 2.69. The molecule has 0 aromatic carbocycles. The molecule has 4 nitrogen and oxygen atoms in total. The Labute approximate surface area is 92.3 Å². The van der Waals surface area contributed by atoms with E-state index in [1.54, 1.807) is 5.51 Å². The molecule has 15 heavy (non-hydrogen) atoms. The number of carboxylic acids is 1. The molecule has 2 N–H and O–H groups in total. The molecule has 1 aliphatic rings. The summed E-state index contributed by atoms with van der Waals surface area (Å²) in [6, 6.07) is -0.403. The van der Waals surface area contributed by atoms with Gasteiger partial charge in [0.15, 0.2) is 0 Å². The summed E-state index contributed by atoms with van der Waals surface area (Å²) >= 11 is 1.53. The van der Waals surface area contributed by atoms with E-state index in [-0.39, 0.29) is 6.04 Å². The Morgan fingerprint density at radius 3 is 2.93 bits per heavy atom. The second-order valence-corrected chi connectivity index (χ2v) is 4.67. The van der Waals surface area contributed by atoms with Crippen molar-refractivity contribution in [2.75, 3.05) is 0 Å². The average molecular weight is 226 g/mol. The van der Waals surface area contributed by atoms with Gasteiger partial charge in [0, 0.05) is 11.4 Å². The van der Waals surface area contributed by atoms with Gasteiger partial charge in [-0.05, 0) is 25.7 Å². The van der Waals surface area contributed by atoms with Crippen molar-refractivity contribution in [1.29, 1.82) is 0 Å². The number of thiazole rings is 1. The molecule has 2 atom stereocenters. The third kappa shape index (κ3) is 2.54.